The molecule has 1 aromatic rings. The van der Waals surface area contributed by atoms with Crippen molar-refractivity contribution in [3.63, 3.8) is 0 Å². The fourth-order valence-electron chi connectivity index (χ4n) is 1.71. The molecule has 0 aliphatic heterocycles. The van der Waals surface area contributed by atoms with Gasteiger partial charge in [-0.2, -0.15) is 0 Å². The van der Waals surface area contributed by atoms with Gasteiger partial charge in [0.2, 0.25) is 0 Å². The first-order valence-corrected chi connectivity index (χ1v) is 5.05. The summed E-state index contributed by atoms with van der Waals surface area (Å²) in [6.45, 7) is 0. The third-order valence-corrected chi connectivity index (χ3v) is 3.36. The summed E-state index contributed by atoms with van der Waals surface area (Å²) < 4.78 is 0. The van der Waals surface area contributed by atoms with E-state index in [0.29, 0.717) is 11.2 Å². The predicted molar refractivity (Wildman–Crippen MR) is 51.3 cm³/mol. The second-order valence-corrected chi connectivity index (χ2v) is 4.16. The van der Waals surface area contributed by atoms with Gasteiger partial charge in [-0.05, 0) is 26.3 Å². The van der Waals surface area contributed by atoms with E-state index in [0.717, 1.165) is 6.42 Å². The SMILES string of the molecule is CNC1CCCc2nc(N)sc21. The van der Waals surface area contributed by atoms with Crippen molar-refractivity contribution >= 4 is 16.5 Å². The summed E-state index contributed by atoms with van der Waals surface area (Å²) in [4.78, 5) is 5.65. The van der Waals surface area contributed by atoms with Gasteiger partial charge in [-0.1, -0.05) is 0 Å². The highest BCUT2D eigenvalue weighted by atomic mass is 32.1. The van der Waals surface area contributed by atoms with Gasteiger partial charge in [0.25, 0.3) is 0 Å². The van der Waals surface area contributed by atoms with Crippen LogP contribution in [0.3, 0.4) is 0 Å². The summed E-state index contributed by atoms with van der Waals surface area (Å²) in [6, 6.07) is 0.489. The summed E-state index contributed by atoms with van der Waals surface area (Å²) >= 11 is 1.63. The van der Waals surface area contributed by atoms with Gasteiger partial charge in [0.15, 0.2) is 5.13 Å². The van der Waals surface area contributed by atoms with Gasteiger partial charge in [-0.15, -0.1) is 11.3 Å². The summed E-state index contributed by atoms with van der Waals surface area (Å²) in [6.07, 6.45) is 3.54. The standard InChI is InChI=1S/C8H13N3S/c1-10-5-3-2-4-6-7(5)12-8(9)11-6/h5,10H,2-4H2,1H3,(H2,9,11). The van der Waals surface area contributed by atoms with Gasteiger partial charge in [0.05, 0.1) is 5.69 Å². The number of anilines is 1. The molecule has 4 heteroatoms. The lowest BCUT2D eigenvalue weighted by atomic mass is 9.98. The van der Waals surface area contributed by atoms with Gasteiger partial charge in [-0.25, -0.2) is 4.98 Å². The van der Waals surface area contributed by atoms with Crippen molar-refractivity contribution in [1.82, 2.24) is 10.3 Å². The summed E-state index contributed by atoms with van der Waals surface area (Å²) in [5.74, 6) is 0. The zero-order valence-electron chi connectivity index (χ0n) is 7.13. The number of nitrogens with one attached hydrogen (secondary N) is 1. The zero-order valence-corrected chi connectivity index (χ0v) is 7.95. The molecule has 66 valence electrons. The third kappa shape index (κ3) is 1.21. The Bertz CT molecular complexity index is 282. The van der Waals surface area contributed by atoms with Crippen LogP contribution in [0.2, 0.25) is 0 Å². The van der Waals surface area contributed by atoms with Gasteiger partial charge in [0, 0.05) is 10.9 Å². The lowest BCUT2D eigenvalue weighted by molar-refractivity contribution is 0.501. The Balaban J connectivity index is 2.36. The fraction of sp³-hybridized carbons (Fsp3) is 0.625. The van der Waals surface area contributed by atoms with E-state index in [-0.39, 0.29) is 0 Å². The highest BCUT2D eigenvalue weighted by Crippen LogP contribution is 2.34. The van der Waals surface area contributed by atoms with Crippen LogP contribution in [-0.2, 0) is 6.42 Å². The fourth-order valence-corrected chi connectivity index (χ4v) is 2.74. The Hall–Kier alpha value is -0.610. The number of nitrogens with zero attached hydrogens (tertiary/aromatic N) is 1. The second kappa shape index (κ2) is 3.03. The number of hydrogen-bond acceptors (Lipinski definition) is 4. The first kappa shape index (κ1) is 8.01. The highest BCUT2D eigenvalue weighted by molar-refractivity contribution is 7.15. The number of nitrogens with two attached hydrogens (primary N) is 1. The van der Waals surface area contributed by atoms with Crippen molar-refractivity contribution in [3.05, 3.63) is 10.6 Å². The first-order valence-electron chi connectivity index (χ1n) is 4.23. The number of aromatic nitrogens is 1. The number of aryl methyl sites for hydroxylation is 1. The first-order chi connectivity index (χ1) is 5.81. The molecule has 0 bridgehead atoms. The van der Waals surface area contributed by atoms with E-state index in [1.807, 2.05) is 7.05 Å². The average Bonchev–Trinajstić information content (AvgIpc) is 2.44. The van der Waals surface area contributed by atoms with E-state index < -0.39 is 0 Å². The molecule has 1 aliphatic carbocycles. The Kier molecular flexibility index (Phi) is 2.02. The number of thiazole rings is 1. The van der Waals surface area contributed by atoms with Crippen LogP contribution in [0.1, 0.15) is 29.5 Å². The number of hydrogen-bond donors (Lipinski definition) is 2. The molecule has 0 radical (unpaired) electrons. The molecule has 0 aromatic carbocycles. The maximum absolute atomic E-state index is 5.65. The Labute approximate surface area is 76.0 Å². The summed E-state index contributed by atoms with van der Waals surface area (Å²) in [5.41, 5.74) is 6.87. The molecule has 3 nitrogen and oxygen atoms in total. The maximum Gasteiger partial charge on any atom is 0.180 e. The normalized spacial score (nSPS) is 22.2. The minimum atomic E-state index is 0.489. The highest BCUT2D eigenvalue weighted by Gasteiger charge is 2.22. The monoisotopic (exact) mass is 183 g/mol. The van der Waals surface area contributed by atoms with Crippen molar-refractivity contribution in [2.75, 3.05) is 12.8 Å². The van der Waals surface area contributed by atoms with Gasteiger partial charge in [0.1, 0.15) is 0 Å². The van der Waals surface area contributed by atoms with Gasteiger partial charge < -0.3 is 11.1 Å². The zero-order chi connectivity index (χ0) is 8.55. The van der Waals surface area contributed by atoms with Crippen LogP contribution >= 0.6 is 11.3 Å². The van der Waals surface area contributed by atoms with E-state index in [9.17, 15) is 0 Å². The second-order valence-electron chi connectivity index (χ2n) is 3.10. The summed E-state index contributed by atoms with van der Waals surface area (Å²) in [5, 5.41) is 4.00. The number of rotatable bonds is 1. The minimum absolute atomic E-state index is 0.489. The van der Waals surface area contributed by atoms with E-state index in [2.05, 4.69) is 10.3 Å². The molecule has 12 heavy (non-hydrogen) atoms. The third-order valence-electron chi connectivity index (χ3n) is 2.32. The van der Waals surface area contributed by atoms with Gasteiger partial charge >= 0.3 is 0 Å². The van der Waals surface area contributed by atoms with E-state index in [4.69, 9.17) is 5.73 Å². The Morgan fingerprint density at radius 3 is 3.25 bits per heavy atom. The Morgan fingerprint density at radius 1 is 1.67 bits per heavy atom. The minimum Gasteiger partial charge on any atom is -0.375 e. The molecule has 0 saturated heterocycles. The van der Waals surface area contributed by atoms with Crippen LogP contribution < -0.4 is 11.1 Å². The molecule has 0 spiro atoms. The molecule has 1 atom stereocenters. The van der Waals surface area contributed by atoms with Gasteiger partial charge in [-0.3, -0.25) is 0 Å². The van der Waals surface area contributed by atoms with Crippen molar-refractivity contribution in [2.24, 2.45) is 0 Å². The van der Waals surface area contributed by atoms with E-state index in [1.54, 1.807) is 11.3 Å². The molecular formula is C8H13N3S. The molecule has 0 fully saturated rings. The van der Waals surface area contributed by atoms with E-state index in [1.165, 1.54) is 23.4 Å². The van der Waals surface area contributed by atoms with Crippen LogP contribution in [-0.4, -0.2) is 12.0 Å². The van der Waals surface area contributed by atoms with E-state index >= 15 is 0 Å². The van der Waals surface area contributed by atoms with Crippen LogP contribution in [0, 0.1) is 0 Å². The lowest BCUT2D eigenvalue weighted by Gasteiger charge is -2.19. The summed E-state index contributed by atoms with van der Waals surface area (Å²) in [7, 11) is 2.00. The molecular weight excluding hydrogens is 170 g/mol. The van der Waals surface area contributed by atoms with Crippen molar-refractivity contribution < 1.29 is 0 Å². The lowest BCUT2D eigenvalue weighted by Crippen LogP contribution is -2.19. The molecule has 1 aromatic heterocycles. The van der Waals surface area contributed by atoms with Crippen LogP contribution in [0.4, 0.5) is 5.13 Å². The Morgan fingerprint density at radius 2 is 2.50 bits per heavy atom. The predicted octanol–water partition coefficient (Wildman–Crippen LogP) is 1.32. The van der Waals surface area contributed by atoms with Crippen molar-refractivity contribution in [2.45, 2.75) is 25.3 Å². The smallest absolute Gasteiger partial charge is 0.180 e. The van der Waals surface area contributed by atoms with Crippen LogP contribution in [0.5, 0.6) is 0 Å². The van der Waals surface area contributed by atoms with Crippen molar-refractivity contribution in [3.8, 4) is 0 Å². The van der Waals surface area contributed by atoms with Crippen molar-refractivity contribution in [1.29, 1.82) is 0 Å². The molecule has 0 saturated carbocycles. The van der Waals surface area contributed by atoms with Crippen LogP contribution in [0.25, 0.3) is 0 Å². The quantitative estimate of drug-likeness (QED) is 0.690. The molecule has 0 amide bonds. The molecule has 1 aliphatic rings. The largest absolute Gasteiger partial charge is 0.375 e. The molecule has 1 unspecified atom stereocenters. The number of nitrogen functional groups attached to an aromatic ring is 1. The molecule has 1 heterocycles. The molecule has 3 N–H and O–H groups in total. The topological polar surface area (TPSA) is 50.9 Å². The van der Waals surface area contributed by atoms with Crippen LogP contribution in [0.15, 0.2) is 0 Å². The number of fused-ring (bicyclic) bond motifs is 1. The average molecular weight is 183 g/mol. The maximum atomic E-state index is 5.65. The molecule has 2 rings (SSSR count).